The molecule has 1 saturated heterocycles. The van der Waals surface area contributed by atoms with Crippen LogP contribution in [0.3, 0.4) is 0 Å². The van der Waals surface area contributed by atoms with E-state index in [-0.39, 0.29) is 12.7 Å². The molecule has 0 unspecified atom stereocenters. The van der Waals surface area contributed by atoms with E-state index in [9.17, 15) is 4.79 Å². The molecule has 8 heteroatoms. The van der Waals surface area contributed by atoms with Gasteiger partial charge in [0.1, 0.15) is 17.8 Å². The molecule has 1 aromatic heterocycles. The van der Waals surface area contributed by atoms with E-state index in [1.807, 2.05) is 71.6 Å². The summed E-state index contributed by atoms with van der Waals surface area (Å²) in [7, 11) is 0. The number of ether oxygens (including phenoxy) is 3. The Hall–Kier alpha value is -4.30. The van der Waals surface area contributed by atoms with Gasteiger partial charge in [-0.3, -0.25) is 9.69 Å². The number of amides is 1. The van der Waals surface area contributed by atoms with Crippen LogP contribution >= 0.6 is 0 Å². The third-order valence-corrected chi connectivity index (χ3v) is 6.90. The zero-order valence-corrected chi connectivity index (χ0v) is 21.8. The quantitative estimate of drug-likeness (QED) is 0.264. The first-order valence-corrected chi connectivity index (χ1v) is 13.4. The highest BCUT2D eigenvalue weighted by molar-refractivity contribution is 5.92. The SMILES string of the molecule is O=C(c1coc(CN(Cc2cccc(Oc3ccccc3)c2)Cc2ccc3c(c2)OCO3)n1)N1CCCCC1. The molecule has 0 aliphatic carbocycles. The first-order chi connectivity index (χ1) is 19.2. The summed E-state index contributed by atoms with van der Waals surface area (Å²) in [5.74, 6) is 3.51. The average Bonchev–Trinajstić information content (AvgIpc) is 3.63. The van der Waals surface area contributed by atoms with Gasteiger partial charge in [0.2, 0.25) is 12.7 Å². The summed E-state index contributed by atoms with van der Waals surface area (Å²) in [4.78, 5) is 21.6. The number of rotatable bonds is 9. The second kappa shape index (κ2) is 11.6. The Morgan fingerprint density at radius 2 is 1.59 bits per heavy atom. The van der Waals surface area contributed by atoms with Crippen molar-refractivity contribution in [2.45, 2.75) is 38.9 Å². The fourth-order valence-electron chi connectivity index (χ4n) is 4.99. The number of carbonyl (C=O) groups is 1. The third-order valence-electron chi connectivity index (χ3n) is 6.90. The van der Waals surface area contributed by atoms with E-state index in [1.165, 1.54) is 12.7 Å². The average molecular weight is 526 g/mol. The maximum atomic E-state index is 12.9. The summed E-state index contributed by atoms with van der Waals surface area (Å²) in [6, 6.07) is 23.8. The van der Waals surface area contributed by atoms with Crippen LogP contribution in [0.5, 0.6) is 23.0 Å². The molecule has 39 heavy (non-hydrogen) atoms. The minimum absolute atomic E-state index is 0.0576. The molecule has 3 heterocycles. The van der Waals surface area contributed by atoms with E-state index >= 15 is 0 Å². The van der Waals surface area contributed by atoms with Crippen molar-refractivity contribution in [3.05, 3.63) is 102 Å². The molecule has 0 N–H and O–H groups in total. The predicted octanol–water partition coefficient (Wildman–Crippen LogP) is 6.02. The standard InChI is InChI=1S/C31H31N3O5/c35-31(34-14-5-2-6-15-34)27-21-36-30(32-27)20-33(19-24-12-13-28-29(17-24)38-22-37-28)18-23-8-7-11-26(16-23)39-25-9-3-1-4-10-25/h1,3-4,7-13,16-17,21H,2,5-6,14-15,18-20,22H2. The molecule has 0 saturated carbocycles. The monoisotopic (exact) mass is 525 g/mol. The van der Waals surface area contributed by atoms with Gasteiger partial charge >= 0.3 is 0 Å². The van der Waals surface area contributed by atoms with Gasteiger partial charge in [-0.15, -0.1) is 0 Å². The minimum atomic E-state index is -0.0576. The maximum absolute atomic E-state index is 12.9. The third kappa shape index (κ3) is 6.23. The molecule has 1 amide bonds. The molecule has 2 aliphatic rings. The summed E-state index contributed by atoms with van der Waals surface area (Å²) >= 11 is 0. The molecule has 1 fully saturated rings. The minimum Gasteiger partial charge on any atom is -0.457 e. The number of benzene rings is 3. The van der Waals surface area contributed by atoms with Crippen LogP contribution in [0, 0.1) is 0 Å². The molecule has 6 rings (SSSR count). The molecule has 0 spiro atoms. The summed E-state index contributed by atoms with van der Waals surface area (Å²) in [6.45, 7) is 3.47. The van der Waals surface area contributed by atoms with E-state index < -0.39 is 0 Å². The van der Waals surface area contributed by atoms with Crippen molar-refractivity contribution in [2.24, 2.45) is 0 Å². The summed E-state index contributed by atoms with van der Waals surface area (Å²) < 4.78 is 22.9. The highest BCUT2D eigenvalue weighted by Crippen LogP contribution is 2.33. The molecular formula is C31H31N3O5. The molecular weight excluding hydrogens is 494 g/mol. The van der Waals surface area contributed by atoms with Crippen LogP contribution in [-0.4, -0.2) is 40.6 Å². The molecule has 2 aliphatic heterocycles. The van der Waals surface area contributed by atoms with Crippen LogP contribution in [0.25, 0.3) is 0 Å². The van der Waals surface area contributed by atoms with Gasteiger partial charge in [-0.1, -0.05) is 36.4 Å². The maximum Gasteiger partial charge on any atom is 0.275 e. The van der Waals surface area contributed by atoms with Crippen LogP contribution in [0.1, 0.15) is 46.8 Å². The number of para-hydroxylation sites is 1. The van der Waals surface area contributed by atoms with Crippen molar-refractivity contribution in [1.82, 2.24) is 14.8 Å². The zero-order chi connectivity index (χ0) is 26.4. The van der Waals surface area contributed by atoms with E-state index in [0.29, 0.717) is 31.2 Å². The molecule has 3 aromatic carbocycles. The second-order valence-electron chi connectivity index (χ2n) is 9.87. The Labute approximate surface area is 227 Å². The van der Waals surface area contributed by atoms with Crippen molar-refractivity contribution >= 4 is 5.91 Å². The Kier molecular flexibility index (Phi) is 7.45. The Balaban J connectivity index is 1.20. The van der Waals surface area contributed by atoms with E-state index in [2.05, 4.69) is 16.0 Å². The molecule has 8 nitrogen and oxygen atoms in total. The number of carbonyl (C=O) groups excluding carboxylic acids is 1. The number of fused-ring (bicyclic) bond motifs is 1. The number of hydrogen-bond donors (Lipinski definition) is 0. The van der Waals surface area contributed by atoms with Gasteiger partial charge in [0, 0.05) is 26.2 Å². The molecule has 200 valence electrons. The first kappa shape index (κ1) is 25.0. The number of piperidine rings is 1. The Bertz CT molecular complexity index is 1410. The Morgan fingerprint density at radius 1 is 0.821 bits per heavy atom. The van der Waals surface area contributed by atoms with Gasteiger partial charge in [-0.2, -0.15) is 0 Å². The fourth-order valence-corrected chi connectivity index (χ4v) is 4.99. The first-order valence-electron chi connectivity index (χ1n) is 13.4. The molecule has 0 bridgehead atoms. The number of nitrogens with zero attached hydrogens (tertiary/aromatic N) is 3. The Morgan fingerprint density at radius 3 is 2.44 bits per heavy atom. The van der Waals surface area contributed by atoms with Crippen LogP contribution in [-0.2, 0) is 19.6 Å². The zero-order valence-electron chi connectivity index (χ0n) is 21.8. The number of likely N-dealkylation sites (tertiary alicyclic amines) is 1. The lowest BCUT2D eigenvalue weighted by molar-refractivity contribution is 0.0718. The van der Waals surface area contributed by atoms with E-state index in [1.54, 1.807) is 0 Å². The summed E-state index contributed by atoms with van der Waals surface area (Å²) in [5.41, 5.74) is 2.53. The van der Waals surface area contributed by atoms with Gasteiger partial charge in [0.05, 0.1) is 6.54 Å². The molecule has 0 radical (unpaired) electrons. The van der Waals surface area contributed by atoms with Crippen LogP contribution in [0.15, 0.2) is 83.5 Å². The van der Waals surface area contributed by atoms with Crippen molar-refractivity contribution in [3.8, 4) is 23.0 Å². The predicted molar refractivity (Wildman–Crippen MR) is 145 cm³/mol. The molecule has 4 aromatic rings. The topological polar surface area (TPSA) is 77.3 Å². The van der Waals surface area contributed by atoms with Gasteiger partial charge in [-0.25, -0.2) is 4.98 Å². The number of aromatic nitrogens is 1. The van der Waals surface area contributed by atoms with Gasteiger partial charge in [-0.05, 0) is 66.8 Å². The summed E-state index contributed by atoms with van der Waals surface area (Å²) in [5, 5.41) is 0. The molecule has 0 atom stereocenters. The van der Waals surface area contributed by atoms with Crippen molar-refractivity contribution < 1.29 is 23.4 Å². The number of hydrogen-bond acceptors (Lipinski definition) is 7. The van der Waals surface area contributed by atoms with E-state index in [0.717, 1.165) is 60.1 Å². The highest BCUT2D eigenvalue weighted by Gasteiger charge is 2.23. The number of oxazole rings is 1. The highest BCUT2D eigenvalue weighted by atomic mass is 16.7. The van der Waals surface area contributed by atoms with Gasteiger partial charge in [0.25, 0.3) is 5.91 Å². The lowest BCUT2D eigenvalue weighted by Gasteiger charge is -2.25. The van der Waals surface area contributed by atoms with Crippen molar-refractivity contribution in [1.29, 1.82) is 0 Å². The van der Waals surface area contributed by atoms with E-state index in [4.69, 9.17) is 18.6 Å². The smallest absolute Gasteiger partial charge is 0.275 e. The summed E-state index contributed by atoms with van der Waals surface area (Å²) in [6.07, 6.45) is 4.72. The largest absolute Gasteiger partial charge is 0.457 e. The second-order valence-corrected chi connectivity index (χ2v) is 9.87. The lowest BCUT2D eigenvalue weighted by Crippen LogP contribution is -2.35. The van der Waals surface area contributed by atoms with Crippen LogP contribution in [0.2, 0.25) is 0 Å². The van der Waals surface area contributed by atoms with Crippen molar-refractivity contribution in [3.63, 3.8) is 0 Å². The van der Waals surface area contributed by atoms with Crippen LogP contribution in [0.4, 0.5) is 0 Å². The van der Waals surface area contributed by atoms with Gasteiger partial charge in [0.15, 0.2) is 17.2 Å². The van der Waals surface area contributed by atoms with Crippen LogP contribution < -0.4 is 14.2 Å². The fraction of sp³-hybridized carbons (Fsp3) is 0.290. The lowest BCUT2D eigenvalue weighted by atomic mass is 10.1. The van der Waals surface area contributed by atoms with Gasteiger partial charge < -0.3 is 23.5 Å². The van der Waals surface area contributed by atoms with Crippen molar-refractivity contribution in [2.75, 3.05) is 19.9 Å². The normalized spacial score (nSPS) is 14.5.